The molecule has 30 heavy (non-hydrogen) atoms. The number of hydrogen-bond acceptors (Lipinski definition) is 5. The summed E-state index contributed by atoms with van der Waals surface area (Å²) in [4.78, 5) is 27.9. The van der Waals surface area contributed by atoms with Crippen LogP contribution in [-0.2, 0) is 9.59 Å². The molecule has 0 spiro atoms. The van der Waals surface area contributed by atoms with Crippen molar-refractivity contribution in [1.29, 1.82) is 0 Å². The maximum absolute atomic E-state index is 13.1. The molecule has 2 heterocycles. The van der Waals surface area contributed by atoms with Crippen LogP contribution < -0.4 is 9.47 Å². The Bertz CT molecular complexity index is 1070. The fourth-order valence-corrected chi connectivity index (χ4v) is 4.78. The number of carbonyl (C=O) groups is 2. The van der Waals surface area contributed by atoms with Gasteiger partial charge in [0.2, 0.25) is 6.79 Å². The standard InChI is InChI=1S/C24H23NO5/c1-14-5-4-6-15(11-14)21-20(23(27)24(28)25(21)17-7-2-3-8-17)22(26)16-9-10-18-19(12-16)30-13-29-18/h4-6,9-12,17,21,26H,2-3,7-8,13H2,1H3/b22-20-. The van der Waals surface area contributed by atoms with Gasteiger partial charge in [0.25, 0.3) is 11.7 Å². The lowest BCUT2D eigenvalue weighted by Crippen LogP contribution is -2.37. The summed E-state index contributed by atoms with van der Waals surface area (Å²) < 4.78 is 10.7. The van der Waals surface area contributed by atoms with Gasteiger partial charge in [0.05, 0.1) is 11.6 Å². The van der Waals surface area contributed by atoms with Crippen molar-refractivity contribution >= 4 is 17.4 Å². The third kappa shape index (κ3) is 2.95. The lowest BCUT2D eigenvalue weighted by Gasteiger charge is -2.31. The second-order valence-electron chi connectivity index (χ2n) is 8.13. The third-order valence-electron chi connectivity index (χ3n) is 6.20. The van der Waals surface area contributed by atoms with Crippen LogP contribution in [0.2, 0.25) is 0 Å². The van der Waals surface area contributed by atoms with Gasteiger partial charge >= 0.3 is 0 Å². The molecular formula is C24H23NO5. The number of aliphatic hydroxyl groups is 1. The van der Waals surface area contributed by atoms with Crippen molar-refractivity contribution in [3.63, 3.8) is 0 Å². The van der Waals surface area contributed by atoms with Crippen LogP contribution in [0, 0.1) is 6.92 Å². The highest BCUT2D eigenvalue weighted by molar-refractivity contribution is 6.46. The molecule has 1 saturated carbocycles. The van der Waals surface area contributed by atoms with Crippen LogP contribution in [0.15, 0.2) is 48.0 Å². The van der Waals surface area contributed by atoms with Gasteiger partial charge in [-0.1, -0.05) is 42.7 Å². The number of rotatable bonds is 3. The molecule has 2 fully saturated rings. The Morgan fingerprint density at radius 3 is 2.57 bits per heavy atom. The number of fused-ring (bicyclic) bond motifs is 1. The first kappa shape index (κ1) is 18.7. The van der Waals surface area contributed by atoms with Gasteiger partial charge in [-0.05, 0) is 43.5 Å². The molecule has 3 aliphatic rings. The van der Waals surface area contributed by atoms with E-state index in [1.807, 2.05) is 31.2 Å². The predicted octanol–water partition coefficient (Wildman–Crippen LogP) is 4.09. The van der Waals surface area contributed by atoms with Crippen molar-refractivity contribution in [3.8, 4) is 11.5 Å². The van der Waals surface area contributed by atoms with E-state index in [9.17, 15) is 14.7 Å². The third-order valence-corrected chi connectivity index (χ3v) is 6.20. The monoisotopic (exact) mass is 405 g/mol. The fourth-order valence-electron chi connectivity index (χ4n) is 4.78. The minimum absolute atomic E-state index is 0.00835. The Balaban J connectivity index is 1.67. The highest BCUT2D eigenvalue weighted by atomic mass is 16.7. The molecule has 0 bridgehead atoms. The largest absolute Gasteiger partial charge is 0.507 e. The van der Waals surface area contributed by atoms with E-state index in [1.165, 1.54) is 0 Å². The maximum Gasteiger partial charge on any atom is 0.295 e. The molecule has 1 amide bonds. The van der Waals surface area contributed by atoms with Gasteiger partial charge in [-0.25, -0.2) is 0 Å². The number of hydrogen-bond donors (Lipinski definition) is 1. The number of ether oxygens (including phenoxy) is 2. The minimum atomic E-state index is -0.636. The van der Waals surface area contributed by atoms with Gasteiger partial charge in [-0.15, -0.1) is 0 Å². The van der Waals surface area contributed by atoms with Crippen molar-refractivity contribution < 1.29 is 24.2 Å². The maximum atomic E-state index is 13.1. The van der Waals surface area contributed by atoms with E-state index in [1.54, 1.807) is 23.1 Å². The minimum Gasteiger partial charge on any atom is -0.507 e. The summed E-state index contributed by atoms with van der Waals surface area (Å²) in [6.45, 7) is 2.10. The van der Waals surface area contributed by atoms with Crippen LogP contribution in [0.1, 0.15) is 48.4 Å². The van der Waals surface area contributed by atoms with Crippen LogP contribution in [0.5, 0.6) is 11.5 Å². The molecule has 2 aliphatic heterocycles. The number of carbonyl (C=O) groups excluding carboxylic acids is 2. The number of aryl methyl sites for hydroxylation is 1. The van der Waals surface area contributed by atoms with E-state index in [2.05, 4.69) is 0 Å². The number of nitrogens with zero attached hydrogens (tertiary/aromatic N) is 1. The summed E-state index contributed by atoms with van der Waals surface area (Å²) >= 11 is 0. The molecule has 6 nitrogen and oxygen atoms in total. The summed E-state index contributed by atoms with van der Waals surface area (Å²) in [7, 11) is 0. The van der Waals surface area contributed by atoms with Crippen LogP contribution in [0.25, 0.3) is 5.76 Å². The number of Topliss-reactive ketones (excluding diaryl/α,β-unsaturated/α-hetero) is 1. The molecule has 154 valence electrons. The van der Waals surface area contributed by atoms with Crippen LogP contribution in [0.3, 0.4) is 0 Å². The molecular weight excluding hydrogens is 382 g/mol. The molecule has 2 aromatic rings. The quantitative estimate of drug-likeness (QED) is 0.473. The normalized spacial score (nSPS) is 22.8. The topological polar surface area (TPSA) is 76.1 Å². The molecule has 1 unspecified atom stereocenters. The molecule has 6 heteroatoms. The highest BCUT2D eigenvalue weighted by Crippen LogP contribution is 2.44. The summed E-state index contributed by atoms with van der Waals surface area (Å²) in [5, 5.41) is 11.2. The lowest BCUT2D eigenvalue weighted by atomic mass is 9.93. The Labute approximate surface area is 174 Å². The molecule has 0 radical (unpaired) electrons. The van der Waals surface area contributed by atoms with Gasteiger partial charge in [-0.3, -0.25) is 9.59 Å². The second kappa shape index (κ2) is 7.20. The zero-order valence-corrected chi connectivity index (χ0v) is 16.8. The Kier molecular flexibility index (Phi) is 4.50. The molecule has 5 rings (SSSR count). The van der Waals surface area contributed by atoms with E-state index >= 15 is 0 Å². The van der Waals surface area contributed by atoms with Gasteiger partial charge in [0.1, 0.15) is 5.76 Å². The molecule has 1 aliphatic carbocycles. The van der Waals surface area contributed by atoms with Crippen molar-refractivity contribution in [2.45, 2.75) is 44.7 Å². The van der Waals surface area contributed by atoms with E-state index in [0.29, 0.717) is 17.1 Å². The average molecular weight is 405 g/mol. The van der Waals surface area contributed by atoms with E-state index in [4.69, 9.17) is 9.47 Å². The van der Waals surface area contributed by atoms with Gasteiger partial charge in [0, 0.05) is 11.6 Å². The Morgan fingerprint density at radius 2 is 1.80 bits per heavy atom. The first-order valence-electron chi connectivity index (χ1n) is 10.3. The predicted molar refractivity (Wildman–Crippen MR) is 110 cm³/mol. The van der Waals surface area contributed by atoms with Gasteiger partial charge in [0.15, 0.2) is 11.5 Å². The molecule has 1 N–H and O–H groups in total. The summed E-state index contributed by atoms with van der Waals surface area (Å²) in [5.74, 6) is -0.248. The molecule has 1 atom stereocenters. The van der Waals surface area contributed by atoms with Gasteiger partial charge < -0.3 is 19.5 Å². The van der Waals surface area contributed by atoms with Gasteiger partial charge in [-0.2, -0.15) is 0 Å². The second-order valence-corrected chi connectivity index (χ2v) is 8.13. The van der Waals surface area contributed by atoms with E-state index in [-0.39, 0.29) is 24.2 Å². The summed E-state index contributed by atoms with van der Waals surface area (Å²) in [6.07, 6.45) is 3.82. The number of benzene rings is 2. The number of amides is 1. The van der Waals surface area contributed by atoms with Crippen LogP contribution >= 0.6 is 0 Å². The summed E-state index contributed by atoms with van der Waals surface area (Å²) in [6, 6.07) is 12.2. The Hall–Kier alpha value is -3.28. The summed E-state index contributed by atoms with van der Waals surface area (Å²) in [5.41, 5.74) is 2.44. The zero-order valence-electron chi connectivity index (χ0n) is 16.8. The number of likely N-dealkylation sites (tertiary alicyclic amines) is 1. The lowest BCUT2D eigenvalue weighted by molar-refractivity contribution is -0.141. The molecule has 2 aromatic carbocycles. The zero-order chi connectivity index (χ0) is 20.8. The van der Waals surface area contributed by atoms with Crippen LogP contribution in [0.4, 0.5) is 0 Å². The highest BCUT2D eigenvalue weighted by Gasteiger charge is 2.49. The first-order chi connectivity index (χ1) is 14.5. The number of aliphatic hydroxyl groups excluding tert-OH is 1. The van der Waals surface area contributed by atoms with Crippen LogP contribution in [-0.4, -0.2) is 34.5 Å². The van der Waals surface area contributed by atoms with Crippen molar-refractivity contribution in [3.05, 3.63) is 64.7 Å². The average Bonchev–Trinajstić information content (AvgIpc) is 3.47. The Morgan fingerprint density at radius 1 is 1.03 bits per heavy atom. The molecule has 1 saturated heterocycles. The fraction of sp³-hybridized carbons (Fsp3) is 0.333. The molecule has 0 aromatic heterocycles. The van der Waals surface area contributed by atoms with E-state index in [0.717, 1.165) is 36.8 Å². The first-order valence-corrected chi connectivity index (χ1v) is 10.3. The van der Waals surface area contributed by atoms with Crippen molar-refractivity contribution in [2.75, 3.05) is 6.79 Å². The van der Waals surface area contributed by atoms with Crippen molar-refractivity contribution in [2.24, 2.45) is 0 Å². The SMILES string of the molecule is Cc1cccc(C2/C(=C(/O)c3ccc4c(c3)OCO4)C(=O)C(=O)N2C2CCCC2)c1. The van der Waals surface area contributed by atoms with Crippen molar-refractivity contribution in [1.82, 2.24) is 4.90 Å². The smallest absolute Gasteiger partial charge is 0.295 e. The van der Waals surface area contributed by atoms with E-state index < -0.39 is 17.7 Å². The number of ketones is 1.